The van der Waals surface area contributed by atoms with E-state index in [1.807, 2.05) is 0 Å². The molecule has 5 nitrogen and oxygen atoms in total. The molecule has 2 aromatic carbocycles. The molecule has 1 N–H and O–H groups in total. The fraction of sp³-hybridized carbons (Fsp3) is 0.167. The van der Waals surface area contributed by atoms with Crippen molar-refractivity contribution in [3.63, 3.8) is 0 Å². The standard InChI is InChI=1S/C18H15Cl2N3O2/c19-14-6-3-13(16(20)10-14)11-21-22-18(25)12-4-7-15(8-5-12)23-9-1-2-17(23)24/h3-8,10-11H,1-2,9H2,(H,22,25)/b21-11-. The van der Waals surface area contributed by atoms with Crippen molar-refractivity contribution in [2.75, 3.05) is 11.4 Å². The molecule has 1 saturated heterocycles. The highest BCUT2D eigenvalue weighted by Crippen LogP contribution is 2.22. The van der Waals surface area contributed by atoms with Gasteiger partial charge in [-0.3, -0.25) is 9.59 Å². The van der Waals surface area contributed by atoms with Crippen molar-refractivity contribution in [1.29, 1.82) is 0 Å². The molecule has 0 bridgehead atoms. The third-order valence-electron chi connectivity index (χ3n) is 3.85. The Labute approximate surface area is 155 Å². The van der Waals surface area contributed by atoms with Gasteiger partial charge < -0.3 is 4.90 Å². The van der Waals surface area contributed by atoms with Gasteiger partial charge in [-0.15, -0.1) is 0 Å². The van der Waals surface area contributed by atoms with Crippen LogP contribution in [0.15, 0.2) is 47.6 Å². The molecule has 0 unspecified atom stereocenters. The van der Waals surface area contributed by atoms with Crippen LogP contribution in [0.5, 0.6) is 0 Å². The molecule has 0 aromatic heterocycles. The van der Waals surface area contributed by atoms with E-state index in [2.05, 4.69) is 10.5 Å². The van der Waals surface area contributed by atoms with Crippen LogP contribution < -0.4 is 10.3 Å². The van der Waals surface area contributed by atoms with E-state index in [9.17, 15) is 9.59 Å². The first kappa shape index (κ1) is 17.5. The zero-order valence-corrected chi connectivity index (χ0v) is 14.7. The second-order valence-corrected chi connectivity index (χ2v) is 6.40. The summed E-state index contributed by atoms with van der Waals surface area (Å²) in [6.07, 6.45) is 2.89. The van der Waals surface area contributed by atoms with Gasteiger partial charge in [-0.2, -0.15) is 5.10 Å². The average molecular weight is 376 g/mol. The summed E-state index contributed by atoms with van der Waals surface area (Å²) in [5, 5.41) is 4.88. The average Bonchev–Trinajstić information content (AvgIpc) is 3.03. The molecule has 0 aliphatic carbocycles. The summed E-state index contributed by atoms with van der Waals surface area (Å²) < 4.78 is 0. The van der Waals surface area contributed by atoms with Crippen molar-refractivity contribution < 1.29 is 9.59 Å². The first-order valence-corrected chi connectivity index (χ1v) is 8.49. The van der Waals surface area contributed by atoms with Crippen molar-refractivity contribution >= 4 is 46.9 Å². The van der Waals surface area contributed by atoms with Crippen molar-refractivity contribution in [2.24, 2.45) is 5.10 Å². The largest absolute Gasteiger partial charge is 0.312 e. The van der Waals surface area contributed by atoms with Crippen molar-refractivity contribution in [2.45, 2.75) is 12.8 Å². The highest BCUT2D eigenvalue weighted by Gasteiger charge is 2.21. The van der Waals surface area contributed by atoms with Gasteiger partial charge in [-0.1, -0.05) is 29.3 Å². The lowest BCUT2D eigenvalue weighted by atomic mass is 10.2. The number of carbonyl (C=O) groups excluding carboxylic acids is 2. The first-order valence-electron chi connectivity index (χ1n) is 7.73. The summed E-state index contributed by atoms with van der Waals surface area (Å²) in [6.45, 7) is 0.719. The molecule has 0 radical (unpaired) electrons. The minimum atomic E-state index is -0.347. The van der Waals surface area contributed by atoms with E-state index < -0.39 is 0 Å². The minimum Gasteiger partial charge on any atom is -0.312 e. The van der Waals surface area contributed by atoms with Gasteiger partial charge in [-0.05, 0) is 42.8 Å². The number of carbonyl (C=O) groups is 2. The molecule has 1 heterocycles. The number of halogens is 2. The van der Waals surface area contributed by atoms with Crippen LogP contribution in [-0.4, -0.2) is 24.6 Å². The summed E-state index contributed by atoms with van der Waals surface area (Å²) in [5.74, 6) is -0.234. The molecule has 0 spiro atoms. The van der Waals surface area contributed by atoms with Crippen LogP contribution in [0.4, 0.5) is 5.69 Å². The maximum atomic E-state index is 12.1. The first-order chi connectivity index (χ1) is 12.0. The fourth-order valence-electron chi connectivity index (χ4n) is 2.55. The maximum absolute atomic E-state index is 12.1. The Kier molecular flexibility index (Phi) is 5.36. The molecule has 1 aliphatic heterocycles. The monoisotopic (exact) mass is 375 g/mol. The van der Waals surface area contributed by atoms with Gasteiger partial charge in [0.25, 0.3) is 5.91 Å². The van der Waals surface area contributed by atoms with Crippen molar-refractivity contribution in [3.8, 4) is 0 Å². The number of nitrogens with one attached hydrogen (secondary N) is 1. The van der Waals surface area contributed by atoms with Crippen LogP contribution in [0.25, 0.3) is 0 Å². The van der Waals surface area contributed by atoms with Crippen LogP contribution in [0.3, 0.4) is 0 Å². The van der Waals surface area contributed by atoms with Gasteiger partial charge in [0.1, 0.15) is 0 Å². The minimum absolute atomic E-state index is 0.113. The normalized spacial score (nSPS) is 14.3. The Morgan fingerprint density at radius 1 is 1.16 bits per heavy atom. The smallest absolute Gasteiger partial charge is 0.271 e. The molecular formula is C18H15Cl2N3O2. The summed E-state index contributed by atoms with van der Waals surface area (Å²) in [4.78, 5) is 25.6. The number of hydrogen-bond donors (Lipinski definition) is 1. The molecule has 2 aromatic rings. The summed E-state index contributed by atoms with van der Waals surface area (Å²) >= 11 is 11.9. The maximum Gasteiger partial charge on any atom is 0.271 e. The van der Waals surface area contributed by atoms with Crippen molar-refractivity contribution in [1.82, 2.24) is 5.43 Å². The second-order valence-electron chi connectivity index (χ2n) is 5.56. The Balaban J connectivity index is 1.63. The van der Waals surface area contributed by atoms with E-state index in [1.54, 1.807) is 47.4 Å². The predicted octanol–water partition coefficient (Wildman–Crippen LogP) is 3.88. The predicted molar refractivity (Wildman–Crippen MR) is 99.6 cm³/mol. The molecule has 0 atom stereocenters. The number of hydrazone groups is 1. The van der Waals surface area contributed by atoms with Crippen LogP contribution in [0.2, 0.25) is 10.0 Å². The molecule has 1 fully saturated rings. The van der Waals surface area contributed by atoms with Crippen LogP contribution in [0.1, 0.15) is 28.8 Å². The van der Waals surface area contributed by atoms with Crippen LogP contribution >= 0.6 is 23.2 Å². The zero-order valence-electron chi connectivity index (χ0n) is 13.2. The summed E-state index contributed by atoms with van der Waals surface area (Å²) in [6, 6.07) is 11.9. The van der Waals surface area contributed by atoms with Gasteiger partial charge in [0.2, 0.25) is 5.91 Å². The van der Waals surface area contributed by atoms with Crippen molar-refractivity contribution in [3.05, 3.63) is 63.6 Å². The quantitative estimate of drug-likeness (QED) is 0.650. The number of rotatable bonds is 4. The fourth-order valence-corrected chi connectivity index (χ4v) is 3.00. The molecule has 2 amide bonds. The molecule has 7 heteroatoms. The van der Waals surface area contributed by atoms with Crippen LogP contribution in [0, 0.1) is 0 Å². The Bertz CT molecular complexity index is 835. The lowest BCUT2D eigenvalue weighted by Crippen LogP contribution is -2.24. The number of anilines is 1. The van der Waals surface area contributed by atoms with Gasteiger partial charge >= 0.3 is 0 Å². The van der Waals surface area contributed by atoms with E-state index in [0.29, 0.717) is 27.6 Å². The number of nitrogens with zero attached hydrogens (tertiary/aromatic N) is 2. The van der Waals surface area contributed by atoms with E-state index in [-0.39, 0.29) is 11.8 Å². The highest BCUT2D eigenvalue weighted by atomic mass is 35.5. The van der Waals surface area contributed by atoms with Gasteiger partial charge in [0, 0.05) is 34.8 Å². The third kappa shape index (κ3) is 4.18. The highest BCUT2D eigenvalue weighted by molar-refractivity contribution is 6.36. The SMILES string of the molecule is O=C(N/N=C\c1ccc(Cl)cc1Cl)c1ccc(N2CCCC2=O)cc1. The van der Waals surface area contributed by atoms with E-state index >= 15 is 0 Å². The zero-order chi connectivity index (χ0) is 17.8. The summed E-state index contributed by atoms with van der Waals surface area (Å²) in [5.41, 5.74) is 4.35. The van der Waals surface area contributed by atoms with Gasteiger partial charge in [0.05, 0.1) is 11.2 Å². The van der Waals surface area contributed by atoms with E-state index in [1.165, 1.54) is 6.21 Å². The lowest BCUT2D eigenvalue weighted by Gasteiger charge is -2.15. The molecule has 0 saturated carbocycles. The number of amides is 2. The second kappa shape index (κ2) is 7.68. The molecule has 3 rings (SSSR count). The molecule has 25 heavy (non-hydrogen) atoms. The Morgan fingerprint density at radius 2 is 1.92 bits per heavy atom. The number of benzene rings is 2. The molecular weight excluding hydrogens is 361 g/mol. The summed E-state index contributed by atoms with van der Waals surface area (Å²) in [7, 11) is 0. The van der Waals surface area contributed by atoms with E-state index in [4.69, 9.17) is 23.2 Å². The topological polar surface area (TPSA) is 61.8 Å². The Morgan fingerprint density at radius 3 is 2.56 bits per heavy atom. The van der Waals surface area contributed by atoms with Gasteiger partial charge in [0.15, 0.2) is 0 Å². The third-order valence-corrected chi connectivity index (χ3v) is 4.41. The van der Waals surface area contributed by atoms with Crippen LogP contribution in [-0.2, 0) is 4.79 Å². The number of hydrogen-bond acceptors (Lipinski definition) is 3. The molecule has 1 aliphatic rings. The Hall–Kier alpha value is -2.37. The molecule has 128 valence electrons. The van der Waals surface area contributed by atoms with Gasteiger partial charge in [-0.25, -0.2) is 5.43 Å². The van der Waals surface area contributed by atoms with E-state index in [0.717, 1.165) is 18.7 Å². The lowest BCUT2D eigenvalue weighted by molar-refractivity contribution is -0.117.